The van der Waals surface area contributed by atoms with E-state index >= 15 is 0 Å². The molecule has 3 N–H and O–H groups in total. The Labute approximate surface area is 239 Å². The number of amides is 2. The Balaban J connectivity index is 1.31. The minimum Gasteiger partial charge on any atom is -0.333 e. The van der Waals surface area contributed by atoms with Gasteiger partial charge in [0.15, 0.2) is 0 Å². The first kappa shape index (κ1) is 28.8. The minimum atomic E-state index is -0.735. The molecule has 0 spiro atoms. The SMILES string of the molecule is C[C@@H]1CN(CC(=O)N2CC(C)(C)C(=N)/C2=C\C(=N)Cc2ccc(F)cc2F)[C@@H](CN2Cc3ccccc3C2=O)CN1. The number of piperazine rings is 1. The molecule has 2 amide bonds. The number of halogens is 2. The Kier molecular flexibility index (Phi) is 7.89. The molecule has 2 aromatic carbocycles. The smallest absolute Gasteiger partial charge is 0.254 e. The van der Waals surface area contributed by atoms with Gasteiger partial charge in [-0.1, -0.05) is 38.1 Å². The fourth-order valence-electron chi connectivity index (χ4n) is 5.88. The Hall–Kier alpha value is -3.76. The maximum Gasteiger partial charge on any atom is 0.254 e. The van der Waals surface area contributed by atoms with Gasteiger partial charge in [0.25, 0.3) is 5.91 Å². The highest BCUT2D eigenvalue weighted by atomic mass is 19.1. The number of carbonyl (C=O) groups is 2. The van der Waals surface area contributed by atoms with E-state index in [4.69, 9.17) is 10.8 Å². The van der Waals surface area contributed by atoms with Crippen molar-refractivity contribution >= 4 is 23.2 Å². The third-order valence-electron chi connectivity index (χ3n) is 8.18. The van der Waals surface area contributed by atoms with Gasteiger partial charge in [-0.3, -0.25) is 14.5 Å². The van der Waals surface area contributed by atoms with Gasteiger partial charge in [-0.05, 0) is 36.3 Å². The molecule has 216 valence electrons. The van der Waals surface area contributed by atoms with Gasteiger partial charge in [0.05, 0.1) is 18.0 Å². The molecule has 0 unspecified atom stereocenters. The summed E-state index contributed by atoms with van der Waals surface area (Å²) in [4.78, 5) is 32.3. The van der Waals surface area contributed by atoms with Gasteiger partial charge in [0.2, 0.25) is 5.91 Å². The van der Waals surface area contributed by atoms with Gasteiger partial charge in [0.1, 0.15) is 11.6 Å². The molecule has 0 radical (unpaired) electrons. The molecule has 8 nitrogen and oxygen atoms in total. The molecule has 3 aliphatic rings. The second-order valence-corrected chi connectivity index (χ2v) is 11.9. The van der Waals surface area contributed by atoms with Crippen molar-refractivity contribution < 1.29 is 18.4 Å². The predicted octanol–water partition coefficient (Wildman–Crippen LogP) is 3.62. The summed E-state index contributed by atoms with van der Waals surface area (Å²) in [5.74, 6) is -1.61. The van der Waals surface area contributed by atoms with Gasteiger partial charge >= 0.3 is 0 Å². The first-order valence-corrected chi connectivity index (χ1v) is 13.9. The molecule has 10 heteroatoms. The van der Waals surface area contributed by atoms with E-state index in [1.165, 1.54) is 12.1 Å². The van der Waals surface area contributed by atoms with Crippen LogP contribution >= 0.6 is 0 Å². The highest BCUT2D eigenvalue weighted by Gasteiger charge is 2.43. The molecule has 0 aliphatic carbocycles. The van der Waals surface area contributed by atoms with Gasteiger partial charge in [-0.15, -0.1) is 0 Å². The van der Waals surface area contributed by atoms with Crippen molar-refractivity contribution in [3.8, 4) is 0 Å². The number of nitrogens with one attached hydrogen (secondary N) is 3. The van der Waals surface area contributed by atoms with E-state index in [1.54, 1.807) is 4.90 Å². The van der Waals surface area contributed by atoms with E-state index < -0.39 is 17.0 Å². The van der Waals surface area contributed by atoms with E-state index in [-0.39, 0.29) is 53.9 Å². The summed E-state index contributed by atoms with van der Waals surface area (Å²) >= 11 is 0. The Morgan fingerprint density at radius 1 is 1.20 bits per heavy atom. The first-order chi connectivity index (χ1) is 19.4. The summed E-state index contributed by atoms with van der Waals surface area (Å²) in [5, 5.41) is 20.7. The number of benzene rings is 2. The molecule has 2 fully saturated rings. The second kappa shape index (κ2) is 11.3. The molecule has 0 saturated carbocycles. The van der Waals surface area contributed by atoms with E-state index in [0.717, 1.165) is 23.3 Å². The third kappa shape index (κ3) is 5.99. The third-order valence-corrected chi connectivity index (χ3v) is 8.18. The zero-order valence-electron chi connectivity index (χ0n) is 23.6. The Morgan fingerprint density at radius 3 is 2.68 bits per heavy atom. The average molecular weight is 563 g/mol. The topological polar surface area (TPSA) is 104 Å². The van der Waals surface area contributed by atoms with Crippen molar-refractivity contribution in [2.75, 3.05) is 32.7 Å². The zero-order valence-corrected chi connectivity index (χ0v) is 23.6. The van der Waals surface area contributed by atoms with E-state index in [2.05, 4.69) is 17.1 Å². The number of carbonyl (C=O) groups excluding carboxylic acids is 2. The molecular weight excluding hydrogens is 526 g/mol. The lowest BCUT2D eigenvalue weighted by Gasteiger charge is -2.41. The lowest BCUT2D eigenvalue weighted by Crippen LogP contribution is -2.60. The molecule has 0 bridgehead atoms. The predicted molar refractivity (Wildman–Crippen MR) is 153 cm³/mol. The molecular formula is C31H36F2N6O2. The van der Waals surface area contributed by atoms with E-state index in [0.29, 0.717) is 38.4 Å². The standard InChI is InChI=1S/C31H36F2N6O2/c1-19-14-37(24(13-36-19)16-38-15-21-6-4-5-7-25(21)30(38)41)17-28(40)39-18-31(2,3)29(35)27(39)12-23(34)10-20-8-9-22(32)11-26(20)33/h4-9,11-12,19,24,34-36H,10,13-18H2,1-3H3/b27-12+,34-23?,35-29?/t19-,24-/m1/s1. The summed E-state index contributed by atoms with van der Waals surface area (Å²) in [6.45, 7) is 8.50. The molecule has 0 aromatic heterocycles. The first-order valence-electron chi connectivity index (χ1n) is 13.9. The monoisotopic (exact) mass is 562 g/mol. The van der Waals surface area contributed by atoms with Crippen LogP contribution in [0.5, 0.6) is 0 Å². The van der Waals surface area contributed by atoms with Crippen LogP contribution in [0.2, 0.25) is 0 Å². The molecule has 3 heterocycles. The molecule has 2 atom stereocenters. The number of hydrogen-bond acceptors (Lipinski definition) is 6. The van der Waals surface area contributed by atoms with Crippen LogP contribution in [-0.4, -0.2) is 82.7 Å². The van der Waals surface area contributed by atoms with Crippen molar-refractivity contribution in [3.63, 3.8) is 0 Å². The maximum absolute atomic E-state index is 14.2. The van der Waals surface area contributed by atoms with Crippen LogP contribution < -0.4 is 5.32 Å². The number of nitrogens with zero attached hydrogens (tertiary/aromatic N) is 3. The summed E-state index contributed by atoms with van der Waals surface area (Å²) in [6.07, 6.45) is 1.37. The van der Waals surface area contributed by atoms with Crippen LogP contribution in [0.25, 0.3) is 0 Å². The molecule has 3 aliphatic heterocycles. The lowest BCUT2D eigenvalue weighted by atomic mass is 9.89. The van der Waals surface area contributed by atoms with Crippen molar-refractivity contribution in [2.24, 2.45) is 5.41 Å². The molecule has 41 heavy (non-hydrogen) atoms. The van der Waals surface area contributed by atoms with Crippen LogP contribution in [0.1, 0.15) is 42.3 Å². The van der Waals surface area contributed by atoms with Crippen LogP contribution in [0.4, 0.5) is 8.78 Å². The Bertz CT molecular complexity index is 1440. The second-order valence-electron chi connectivity index (χ2n) is 11.9. The molecule has 5 rings (SSSR count). The van der Waals surface area contributed by atoms with Crippen LogP contribution in [-0.2, 0) is 17.8 Å². The van der Waals surface area contributed by atoms with Gasteiger partial charge in [0, 0.05) is 74.0 Å². The van der Waals surface area contributed by atoms with Crippen molar-refractivity contribution in [3.05, 3.63) is 82.6 Å². The van der Waals surface area contributed by atoms with E-state index in [9.17, 15) is 18.4 Å². The van der Waals surface area contributed by atoms with Crippen LogP contribution in [0.15, 0.2) is 54.2 Å². The van der Waals surface area contributed by atoms with Crippen LogP contribution in [0, 0.1) is 27.9 Å². The van der Waals surface area contributed by atoms with Gasteiger partial charge in [-0.2, -0.15) is 0 Å². The number of rotatable bonds is 7. The summed E-state index contributed by atoms with van der Waals surface area (Å²) in [6, 6.07) is 10.9. The van der Waals surface area contributed by atoms with Crippen LogP contribution in [0.3, 0.4) is 0 Å². The van der Waals surface area contributed by atoms with Gasteiger partial charge in [-0.25, -0.2) is 8.78 Å². The summed E-state index contributed by atoms with van der Waals surface area (Å²) in [7, 11) is 0. The minimum absolute atomic E-state index is 0.00145. The maximum atomic E-state index is 14.2. The molecule has 2 saturated heterocycles. The number of allylic oxidation sites excluding steroid dienone is 2. The summed E-state index contributed by atoms with van der Waals surface area (Å²) < 4.78 is 27.5. The average Bonchev–Trinajstić information content (AvgIpc) is 3.35. The fraction of sp³-hybridized carbons (Fsp3) is 0.419. The number of hydrogen-bond donors (Lipinski definition) is 3. The van der Waals surface area contributed by atoms with Gasteiger partial charge < -0.3 is 25.9 Å². The van der Waals surface area contributed by atoms with Crippen molar-refractivity contribution in [1.82, 2.24) is 20.0 Å². The van der Waals surface area contributed by atoms with Crippen molar-refractivity contribution in [2.45, 2.75) is 45.8 Å². The quantitative estimate of drug-likeness (QED) is 0.449. The molecule has 2 aromatic rings. The summed E-state index contributed by atoms with van der Waals surface area (Å²) in [5.41, 5.74) is 1.87. The number of likely N-dealkylation sites (tertiary alicyclic amines) is 1. The number of fused-ring (bicyclic) bond motifs is 1. The van der Waals surface area contributed by atoms with E-state index in [1.807, 2.05) is 43.0 Å². The van der Waals surface area contributed by atoms with Crippen molar-refractivity contribution in [1.29, 1.82) is 10.8 Å². The normalized spacial score (nSPS) is 23.4. The highest BCUT2D eigenvalue weighted by molar-refractivity contribution is 6.12. The lowest BCUT2D eigenvalue weighted by molar-refractivity contribution is -0.131. The largest absolute Gasteiger partial charge is 0.333 e. The Morgan fingerprint density at radius 2 is 1.95 bits per heavy atom. The fourth-order valence-corrected chi connectivity index (χ4v) is 5.88. The zero-order chi connectivity index (χ0) is 29.5. The highest BCUT2D eigenvalue weighted by Crippen LogP contribution is 2.34.